The van der Waals surface area contributed by atoms with Crippen LogP contribution in [-0.2, 0) is 0 Å². The maximum atomic E-state index is 12.6. The number of rotatable bonds is 3. The minimum absolute atomic E-state index is 0. The van der Waals surface area contributed by atoms with Crippen molar-refractivity contribution in [2.24, 2.45) is 0 Å². The van der Waals surface area contributed by atoms with E-state index in [-0.39, 0.29) is 30.3 Å². The molecule has 0 radical (unpaired) electrons. The van der Waals surface area contributed by atoms with Gasteiger partial charge in [0.2, 0.25) is 0 Å². The third-order valence-electron chi connectivity index (χ3n) is 4.54. The van der Waals surface area contributed by atoms with E-state index in [0.29, 0.717) is 17.6 Å². The Hall–Kier alpha value is -1.20. The molecule has 2 saturated heterocycles. The van der Waals surface area contributed by atoms with Crippen molar-refractivity contribution in [3.63, 3.8) is 0 Å². The van der Waals surface area contributed by atoms with Gasteiger partial charge in [0, 0.05) is 24.3 Å². The first kappa shape index (κ1) is 17.2. The Morgan fingerprint density at radius 3 is 2.55 bits per heavy atom. The van der Waals surface area contributed by atoms with Crippen LogP contribution in [0.25, 0.3) is 0 Å². The van der Waals surface area contributed by atoms with Gasteiger partial charge in [0.1, 0.15) is 5.82 Å². The Morgan fingerprint density at radius 2 is 1.95 bits per heavy atom. The van der Waals surface area contributed by atoms with Crippen molar-refractivity contribution in [1.82, 2.24) is 20.6 Å². The summed E-state index contributed by atoms with van der Waals surface area (Å²) >= 11 is 0. The van der Waals surface area contributed by atoms with Crippen molar-refractivity contribution in [3.8, 4) is 0 Å². The van der Waals surface area contributed by atoms with E-state index in [9.17, 15) is 4.79 Å². The molecule has 0 aliphatic carbocycles. The second-order valence-electron chi connectivity index (χ2n) is 6.65. The van der Waals surface area contributed by atoms with Crippen molar-refractivity contribution in [1.29, 1.82) is 0 Å². The summed E-state index contributed by atoms with van der Waals surface area (Å²) in [5.74, 6) is 0.914. The number of hydrogen-bond acceptors (Lipinski definition) is 4. The Kier molecular flexibility index (Phi) is 5.40. The summed E-state index contributed by atoms with van der Waals surface area (Å²) in [7, 11) is 0. The summed E-state index contributed by atoms with van der Waals surface area (Å²) in [4.78, 5) is 21.2. The van der Waals surface area contributed by atoms with E-state index in [0.717, 1.165) is 24.4 Å². The van der Waals surface area contributed by atoms with Crippen molar-refractivity contribution in [2.75, 3.05) is 0 Å². The second-order valence-corrected chi connectivity index (χ2v) is 6.65. The summed E-state index contributed by atoms with van der Waals surface area (Å²) in [6.45, 7) is 5.98. The van der Waals surface area contributed by atoms with E-state index in [1.807, 2.05) is 6.92 Å². The van der Waals surface area contributed by atoms with E-state index in [4.69, 9.17) is 0 Å². The number of hydrogen-bond donors (Lipinski definition) is 2. The molecule has 22 heavy (non-hydrogen) atoms. The van der Waals surface area contributed by atoms with Crippen LogP contribution in [0, 0.1) is 6.92 Å². The van der Waals surface area contributed by atoms with Gasteiger partial charge >= 0.3 is 0 Å². The summed E-state index contributed by atoms with van der Waals surface area (Å²) in [6.07, 6.45) is 6.21. The second kappa shape index (κ2) is 6.92. The van der Waals surface area contributed by atoms with Gasteiger partial charge in [-0.25, -0.2) is 9.97 Å². The molecule has 5 nitrogen and oxygen atoms in total. The molecule has 1 amide bonds. The Morgan fingerprint density at radius 1 is 1.32 bits per heavy atom. The summed E-state index contributed by atoms with van der Waals surface area (Å²) in [5, 5.41) is 6.79. The van der Waals surface area contributed by atoms with Crippen molar-refractivity contribution < 1.29 is 4.79 Å². The van der Waals surface area contributed by atoms with E-state index >= 15 is 0 Å². The molecule has 122 valence electrons. The number of carbonyl (C=O) groups excluding carboxylic acids is 1. The molecule has 0 aromatic carbocycles. The molecule has 2 unspecified atom stereocenters. The van der Waals surface area contributed by atoms with Gasteiger partial charge in [0.15, 0.2) is 0 Å². The van der Waals surface area contributed by atoms with E-state index in [1.54, 1.807) is 6.20 Å². The van der Waals surface area contributed by atoms with Crippen LogP contribution >= 0.6 is 12.4 Å². The topological polar surface area (TPSA) is 66.9 Å². The first-order valence-corrected chi connectivity index (χ1v) is 7.93. The monoisotopic (exact) mass is 324 g/mol. The normalized spacial score (nSPS) is 26.6. The Balaban J connectivity index is 0.00000176. The summed E-state index contributed by atoms with van der Waals surface area (Å²) < 4.78 is 0. The summed E-state index contributed by atoms with van der Waals surface area (Å²) in [6, 6.07) is 1.43. The van der Waals surface area contributed by atoms with Gasteiger partial charge in [-0.1, -0.05) is 13.8 Å². The van der Waals surface area contributed by atoms with Crippen LogP contribution in [-0.4, -0.2) is 34.0 Å². The highest BCUT2D eigenvalue weighted by Crippen LogP contribution is 2.27. The van der Waals surface area contributed by atoms with Gasteiger partial charge in [0.05, 0.1) is 11.3 Å². The lowest BCUT2D eigenvalue weighted by molar-refractivity contribution is 0.0921. The molecule has 0 saturated carbocycles. The van der Waals surface area contributed by atoms with Gasteiger partial charge in [0.25, 0.3) is 5.91 Å². The highest BCUT2D eigenvalue weighted by molar-refractivity contribution is 5.95. The third-order valence-corrected chi connectivity index (χ3v) is 4.54. The van der Waals surface area contributed by atoms with Crippen LogP contribution in [0.2, 0.25) is 0 Å². The first-order chi connectivity index (χ1) is 10.0. The van der Waals surface area contributed by atoms with Gasteiger partial charge < -0.3 is 10.6 Å². The maximum Gasteiger partial charge on any atom is 0.254 e. The molecular weight excluding hydrogens is 300 g/mol. The highest BCUT2D eigenvalue weighted by atomic mass is 35.5. The molecule has 2 aliphatic rings. The van der Waals surface area contributed by atoms with Crippen LogP contribution in [0.3, 0.4) is 0 Å². The molecule has 2 fully saturated rings. The number of nitrogens with zero attached hydrogens (tertiary/aromatic N) is 2. The molecule has 0 spiro atoms. The zero-order chi connectivity index (χ0) is 15.0. The third kappa shape index (κ3) is 3.58. The fourth-order valence-corrected chi connectivity index (χ4v) is 3.54. The zero-order valence-corrected chi connectivity index (χ0v) is 14.2. The van der Waals surface area contributed by atoms with Crippen LogP contribution < -0.4 is 10.6 Å². The fourth-order valence-electron chi connectivity index (χ4n) is 3.54. The lowest BCUT2D eigenvalue weighted by Crippen LogP contribution is -2.48. The zero-order valence-electron chi connectivity index (χ0n) is 13.4. The highest BCUT2D eigenvalue weighted by Gasteiger charge is 2.34. The number of nitrogens with one attached hydrogen (secondary N) is 2. The Labute approximate surface area is 138 Å². The number of halogens is 1. The molecule has 2 N–H and O–H groups in total. The predicted octanol–water partition coefficient (Wildman–Crippen LogP) is 2.34. The largest absolute Gasteiger partial charge is 0.349 e. The minimum Gasteiger partial charge on any atom is -0.349 e. The van der Waals surface area contributed by atoms with Crippen LogP contribution in [0.5, 0.6) is 0 Å². The average molecular weight is 325 g/mol. The van der Waals surface area contributed by atoms with Gasteiger partial charge in [-0.3, -0.25) is 4.79 Å². The standard InChI is InChI=1S/C16H24N4O.ClH/c1-9(2)15-14(8-17-10(3)18-15)16(21)20-13-6-11-4-5-12(7-13)19-11;/h8-9,11-13,19H,4-7H2,1-3H3,(H,20,21);1H. The smallest absolute Gasteiger partial charge is 0.254 e. The lowest BCUT2D eigenvalue weighted by atomic mass is 9.98. The van der Waals surface area contributed by atoms with Gasteiger partial charge in [-0.15, -0.1) is 12.4 Å². The van der Waals surface area contributed by atoms with Crippen molar-refractivity contribution in [2.45, 2.75) is 70.5 Å². The number of aryl methyl sites for hydroxylation is 1. The molecule has 6 heteroatoms. The Bertz CT molecular complexity index is 537. The number of aromatic nitrogens is 2. The molecule has 1 aromatic heterocycles. The van der Waals surface area contributed by atoms with Crippen molar-refractivity contribution in [3.05, 3.63) is 23.3 Å². The SMILES string of the molecule is Cc1ncc(C(=O)NC2CC3CCC(C2)N3)c(C(C)C)n1.Cl. The number of amides is 1. The first-order valence-electron chi connectivity index (χ1n) is 7.93. The van der Waals surface area contributed by atoms with Crippen LogP contribution in [0.4, 0.5) is 0 Å². The molecule has 3 heterocycles. The average Bonchev–Trinajstić information content (AvgIpc) is 2.77. The molecule has 3 rings (SSSR count). The molecule has 2 aliphatic heterocycles. The molecule has 2 atom stereocenters. The summed E-state index contributed by atoms with van der Waals surface area (Å²) in [5.41, 5.74) is 1.47. The van der Waals surface area contributed by atoms with E-state index in [1.165, 1.54) is 12.8 Å². The molecule has 2 bridgehead atoms. The quantitative estimate of drug-likeness (QED) is 0.895. The molecular formula is C16H25ClN4O. The maximum absolute atomic E-state index is 12.6. The van der Waals surface area contributed by atoms with Gasteiger partial charge in [-0.2, -0.15) is 0 Å². The lowest BCUT2D eigenvalue weighted by Gasteiger charge is -2.29. The number of fused-ring (bicyclic) bond motifs is 2. The van der Waals surface area contributed by atoms with E-state index < -0.39 is 0 Å². The van der Waals surface area contributed by atoms with Crippen LogP contribution in [0.1, 0.15) is 67.3 Å². The van der Waals surface area contributed by atoms with Crippen molar-refractivity contribution >= 4 is 18.3 Å². The minimum atomic E-state index is -0.0231. The van der Waals surface area contributed by atoms with Crippen LogP contribution in [0.15, 0.2) is 6.20 Å². The number of carbonyl (C=O) groups is 1. The van der Waals surface area contributed by atoms with Gasteiger partial charge in [-0.05, 0) is 38.5 Å². The predicted molar refractivity (Wildman–Crippen MR) is 88.5 cm³/mol. The molecule has 1 aromatic rings. The van der Waals surface area contributed by atoms with E-state index in [2.05, 4.69) is 34.4 Å². The number of piperidine rings is 1. The fraction of sp³-hybridized carbons (Fsp3) is 0.688.